The molecule has 0 bridgehead atoms. The summed E-state index contributed by atoms with van der Waals surface area (Å²) < 4.78 is 5.01. The molecule has 1 aromatic carbocycles. The van der Waals surface area contributed by atoms with Crippen molar-refractivity contribution in [1.82, 2.24) is 4.90 Å². The van der Waals surface area contributed by atoms with Gasteiger partial charge < -0.3 is 14.7 Å². The molecular weight excluding hydrogens is 266 g/mol. The number of piperidine rings is 1. The zero-order chi connectivity index (χ0) is 15.5. The van der Waals surface area contributed by atoms with Crippen molar-refractivity contribution in [2.24, 2.45) is 5.41 Å². The Labute approximate surface area is 126 Å². The Kier molecular flexibility index (Phi) is 4.76. The molecule has 0 spiro atoms. The normalized spacial score (nSPS) is 17.6. The number of rotatable bonds is 4. The lowest BCUT2D eigenvalue weighted by Crippen LogP contribution is -2.42. The van der Waals surface area contributed by atoms with Crippen LogP contribution in [-0.4, -0.2) is 36.1 Å². The quantitative estimate of drug-likeness (QED) is 0.924. The van der Waals surface area contributed by atoms with Crippen LogP contribution in [-0.2, 0) is 0 Å². The van der Waals surface area contributed by atoms with E-state index in [0.717, 1.165) is 25.9 Å². The van der Waals surface area contributed by atoms with E-state index in [-0.39, 0.29) is 11.7 Å². The number of likely N-dealkylation sites (tertiary alicyclic amines) is 1. The smallest absolute Gasteiger partial charge is 0.253 e. The summed E-state index contributed by atoms with van der Waals surface area (Å²) in [5, 5.41) is 9.80. The summed E-state index contributed by atoms with van der Waals surface area (Å²) in [6.45, 7) is 6.07. The van der Waals surface area contributed by atoms with Gasteiger partial charge in [-0.15, -0.1) is 0 Å². The molecule has 0 unspecified atom stereocenters. The van der Waals surface area contributed by atoms with Crippen LogP contribution in [0.4, 0.5) is 0 Å². The van der Waals surface area contributed by atoms with Crippen LogP contribution in [0.15, 0.2) is 18.2 Å². The number of carbonyl (C=O) groups excluding carboxylic acids is 1. The number of phenols is 1. The number of ether oxygens (including phenoxy) is 1. The molecule has 1 aliphatic rings. The van der Waals surface area contributed by atoms with E-state index in [2.05, 4.69) is 13.8 Å². The summed E-state index contributed by atoms with van der Waals surface area (Å²) >= 11 is 0. The Morgan fingerprint density at radius 3 is 2.38 bits per heavy atom. The second kappa shape index (κ2) is 6.37. The van der Waals surface area contributed by atoms with Crippen molar-refractivity contribution >= 4 is 5.91 Å². The monoisotopic (exact) mass is 291 g/mol. The molecule has 1 aliphatic heterocycles. The maximum atomic E-state index is 12.5. The topological polar surface area (TPSA) is 49.8 Å². The van der Waals surface area contributed by atoms with E-state index in [0.29, 0.717) is 16.7 Å². The number of benzene rings is 1. The lowest BCUT2D eigenvalue weighted by Gasteiger charge is -2.41. The van der Waals surface area contributed by atoms with Crippen LogP contribution in [0.2, 0.25) is 0 Å². The van der Waals surface area contributed by atoms with Gasteiger partial charge in [-0.25, -0.2) is 0 Å². The molecule has 4 nitrogen and oxygen atoms in total. The Morgan fingerprint density at radius 1 is 1.29 bits per heavy atom. The lowest BCUT2D eigenvalue weighted by atomic mass is 9.74. The Balaban J connectivity index is 2.07. The fourth-order valence-corrected chi connectivity index (χ4v) is 3.15. The van der Waals surface area contributed by atoms with Gasteiger partial charge in [0.2, 0.25) is 0 Å². The van der Waals surface area contributed by atoms with Crippen LogP contribution >= 0.6 is 0 Å². The highest BCUT2D eigenvalue weighted by Gasteiger charge is 2.33. The van der Waals surface area contributed by atoms with Crippen LogP contribution in [0.5, 0.6) is 11.5 Å². The van der Waals surface area contributed by atoms with Gasteiger partial charge in [0.1, 0.15) is 0 Å². The zero-order valence-corrected chi connectivity index (χ0v) is 13.2. The first-order valence-electron chi connectivity index (χ1n) is 7.71. The average molecular weight is 291 g/mol. The Bertz CT molecular complexity index is 499. The van der Waals surface area contributed by atoms with E-state index < -0.39 is 0 Å². The van der Waals surface area contributed by atoms with Gasteiger partial charge >= 0.3 is 0 Å². The fraction of sp³-hybridized carbons (Fsp3) is 0.588. The van der Waals surface area contributed by atoms with Crippen molar-refractivity contribution in [1.29, 1.82) is 0 Å². The van der Waals surface area contributed by atoms with E-state index in [4.69, 9.17) is 4.74 Å². The number of hydrogen-bond donors (Lipinski definition) is 1. The summed E-state index contributed by atoms with van der Waals surface area (Å²) in [4.78, 5) is 14.4. The standard InChI is InChI=1S/C17H25NO3/c1-4-17(5-2)8-10-18(11-9-17)16(20)13-6-7-15(21-3)14(19)12-13/h6-7,12,19H,4-5,8-11H2,1-3H3. The predicted molar refractivity (Wildman–Crippen MR) is 82.8 cm³/mol. The minimum atomic E-state index is -0.00578. The number of amides is 1. The second-order valence-electron chi connectivity index (χ2n) is 5.89. The van der Waals surface area contributed by atoms with Crippen molar-refractivity contribution in [2.75, 3.05) is 20.2 Å². The second-order valence-corrected chi connectivity index (χ2v) is 5.89. The summed E-state index contributed by atoms with van der Waals surface area (Å²) in [5.41, 5.74) is 0.924. The average Bonchev–Trinajstić information content (AvgIpc) is 2.54. The third kappa shape index (κ3) is 3.14. The molecular formula is C17H25NO3. The van der Waals surface area contributed by atoms with Crippen LogP contribution < -0.4 is 4.74 Å². The van der Waals surface area contributed by atoms with E-state index in [1.54, 1.807) is 12.1 Å². The number of carbonyl (C=O) groups is 1. The third-order valence-corrected chi connectivity index (χ3v) is 5.04. The Morgan fingerprint density at radius 2 is 1.90 bits per heavy atom. The lowest BCUT2D eigenvalue weighted by molar-refractivity contribution is 0.0557. The SMILES string of the molecule is CCC1(CC)CCN(C(=O)c2ccc(OC)c(O)c2)CC1. The molecule has 0 saturated carbocycles. The van der Waals surface area contributed by atoms with Crippen LogP contribution in [0.1, 0.15) is 49.9 Å². The predicted octanol–water partition coefficient (Wildman–Crippen LogP) is 3.44. The molecule has 1 amide bonds. The molecule has 0 aromatic heterocycles. The summed E-state index contributed by atoms with van der Waals surface area (Å²) in [7, 11) is 1.50. The van der Waals surface area contributed by atoms with Crippen molar-refractivity contribution in [3.63, 3.8) is 0 Å². The Hall–Kier alpha value is -1.71. The minimum absolute atomic E-state index is 0.00578. The summed E-state index contributed by atoms with van der Waals surface area (Å²) in [6.07, 6.45) is 4.48. The molecule has 1 N–H and O–H groups in total. The van der Waals surface area contributed by atoms with Gasteiger partial charge in [-0.2, -0.15) is 0 Å². The van der Waals surface area contributed by atoms with Gasteiger partial charge in [0.05, 0.1) is 7.11 Å². The molecule has 21 heavy (non-hydrogen) atoms. The maximum Gasteiger partial charge on any atom is 0.253 e. The first-order valence-corrected chi connectivity index (χ1v) is 7.71. The van der Waals surface area contributed by atoms with Gasteiger partial charge in [0.25, 0.3) is 5.91 Å². The van der Waals surface area contributed by atoms with E-state index in [1.807, 2.05) is 4.90 Å². The van der Waals surface area contributed by atoms with Gasteiger partial charge in [0, 0.05) is 18.7 Å². The van der Waals surface area contributed by atoms with E-state index in [9.17, 15) is 9.90 Å². The highest BCUT2D eigenvalue weighted by atomic mass is 16.5. The molecule has 1 heterocycles. The largest absolute Gasteiger partial charge is 0.504 e. The number of phenolic OH excluding ortho intramolecular Hbond substituents is 1. The van der Waals surface area contributed by atoms with Gasteiger partial charge in [-0.3, -0.25) is 4.79 Å². The molecule has 4 heteroatoms. The first kappa shape index (κ1) is 15.7. The van der Waals surface area contributed by atoms with Crippen LogP contribution in [0, 0.1) is 5.41 Å². The maximum absolute atomic E-state index is 12.5. The summed E-state index contributed by atoms with van der Waals surface area (Å²) in [5.74, 6) is 0.395. The third-order valence-electron chi connectivity index (χ3n) is 5.04. The van der Waals surface area contributed by atoms with Crippen molar-refractivity contribution in [3.8, 4) is 11.5 Å². The van der Waals surface area contributed by atoms with Crippen molar-refractivity contribution in [3.05, 3.63) is 23.8 Å². The van der Waals surface area contributed by atoms with Crippen molar-refractivity contribution < 1.29 is 14.6 Å². The number of hydrogen-bond acceptors (Lipinski definition) is 3. The first-order chi connectivity index (χ1) is 10.0. The molecule has 1 fully saturated rings. The molecule has 1 saturated heterocycles. The minimum Gasteiger partial charge on any atom is -0.504 e. The number of nitrogens with zero attached hydrogens (tertiary/aromatic N) is 1. The number of aromatic hydroxyl groups is 1. The van der Waals surface area contributed by atoms with Crippen LogP contribution in [0.3, 0.4) is 0 Å². The fourth-order valence-electron chi connectivity index (χ4n) is 3.15. The molecule has 2 rings (SSSR count). The van der Waals surface area contributed by atoms with Gasteiger partial charge in [-0.1, -0.05) is 26.7 Å². The number of methoxy groups -OCH3 is 1. The van der Waals surface area contributed by atoms with Crippen LogP contribution in [0.25, 0.3) is 0 Å². The highest BCUT2D eigenvalue weighted by molar-refractivity contribution is 5.95. The summed E-state index contributed by atoms with van der Waals surface area (Å²) in [6, 6.07) is 4.83. The van der Waals surface area contributed by atoms with Gasteiger partial charge in [0.15, 0.2) is 11.5 Å². The van der Waals surface area contributed by atoms with E-state index >= 15 is 0 Å². The molecule has 116 valence electrons. The molecule has 0 radical (unpaired) electrons. The van der Waals surface area contributed by atoms with Gasteiger partial charge in [-0.05, 0) is 36.5 Å². The molecule has 1 aromatic rings. The zero-order valence-electron chi connectivity index (χ0n) is 13.2. The highest BCUT2D eigenvalue weighted by Crippen LogP contribution is 2.38. The van der Waals surface area contributed by atoms with Crippen molar-refractivity contribution in [2.45, 2.75) is 39.5 Å². The molecule has 0 atom stereocenters. The van der Waals surface area contributed by atoms with E-state index in [1.165, 1.54) is 26.0 Å². The molecule has 0 aliphatic carbocycles.